The first kappa shape index (κ1) is 31.8. The molecule has 44 heavy (non-hydrogen) atoms. The third-order valence-corrected chi connectivity index (χ3v) is 9.92. The van der Waals surface area contributed by atoms with E-state index in [0.717, 1.165) is 56.9 Å². The maximum Gasteiger partial charge on any atom is 0.275 e. The minimum atomic E-state index is -0.735. The van der Waals surface area contributed by atoms with Crippen LogP contribution in [0, 0.1) is 28.6 Å². The number of nitrogens with one attached hydrogen (secondary N) is 2. The number of hydrogen-bond acceptors (Lipinski definition) is 5. The molecule has 2 fully saturated rings. The Labute approximate surface area is 263 Å². The molecule has 1 heterocycles. The van der Waals surface area contributed by atoms with Gasteiger partial charge in [0.1, 0.15) is 23.0 Å². The van der Waals surface area contributed by atoms with E-state index >= 15 is 0 Å². The monoisotopic (exact) mass is 621 g/mol. The quantitative estimate of drug-likeness (QED) is 0.108. The highest BCUT2D eigenvalue weighted by molar-refractivity contribution is 6.47. The SMILES string of the molecule is CC(C)C1CCC2(CC1)N=C(c1cc(F)cc(Cl)c1)C(=O)N2C(CCC1(C)CC1)c1ccc(C(=O)NCC(N)=NN=N)cc1. The van der Waals surface area contributed by atoms with Gasteiger partial charge in [0.15, 0.2) is 0 Å². The van der Waals surface area contributed by atoms with Gasteiger partial charge in [-0.25, -0.2) is 4.39 Å². The molecule has 2 aliphatic carbocycles. The molecule has 2 saturated carbocycles. The number of halogens is 2. The summed E-state index contributed by atoms with van der Waals surface area (Å²) in [6.45, 7) is 6.74. The van der Waals surface area contributed by atoms with E-state index in [1.807, 2.05) is 17.0 Å². The van der Waals surface area contributed by atoms with Gasteiger partial charge in [0.05, 0.1) is 12.6 Å². The molecule has 4 N–H and O–H groups in total. The predicted molar refractivity (Wildman–Crippen MR) is 169 cm³/mol. The number of hydrogen-bond donors (Lipinski definition) is 3. The molecule has 11 heteroatoms. The summed E-state index contributed by atoms with van der Waals surface area (Å²) < 4.78 is 14.5. The van der Waals surface area contributed by atoms with Gasteiger partial charge in [-0.1, -0.05) is 49.7 Å². The molecule has 2 aromatic rings. The fourth-order valence-electron chi connectivity index (χ4n) is 6.67. The van der Waals surface area contributed by atoms with Crippen molar-refractivity contribution in [2.45, 2.75) is 83.8 Å². The second kappa shape index (κ2) is 12.8. The maximum absolute atomic E-state index is 14.5. The van der Waals surface area contributed by atoms with Gasteiger partial charge in [-0.15, -0.1) is 5.10 Å². The summed E-state index contributed by atoms with van der Waals surface area (Å²) in [6.07, 6.45) is 7.40. The third-order valence-electron chi connectivity index (χ3n) is 9.70. The molecule has 1 unspecified atom stereocenters. The third kappa shape index (κ3) is 6.85. The Kier molecular flexibility index (Phi) is 9.20. The molecule has 0 bridgehead atoms. The van der Waals surface area contributed by atoms with Gasteiger partial charge in [0.25, 0.3) is 11.8 Å². The molecule has 9 nitrogen and oxygen atoms in total. The Morgan fingerprint density at radius 2 is 1.86 bits per heavy atom. The molecule has 1 atom stereocenters. The number of aliphatic imine (C=N–C) groups is 1. The smallest absolute Gasteiger partial charge is 0.275 e. The van der Waals surface area contributed by atoms with E-state index in [4.69, 9.17) is 27.9 Å². The summed E-state index contributed by atoms with van der Waals surface area (Å²) in [5, 5.41) is 9.19. The van der Waals surface area contributed by atoms with E-state index in [9.17, 15) is 14.0 Å². The van der Waals surface area contributed by atoms with Crippen LogP contribution in [0.15, 0.2) is 57.8 Å². The second-order valence-corrected chi connectivity index (χ2v) is 13.7. The molecule has 2 amide bonds. The zero-order valence-electron chi connectivity index (χ0n) is 25.6. The van der Waals surface area contributed by atoms with Gasteiger partial charge >= 0.3 is 0 Å². The lowest BCUT2D eigenvalue weighted by Crippen LogP contribution is -2.51. The highest BCUT2D eigenvalue weighted by atomic mass is 35.5. The Morgan fingerprint density at radius 3 is 2.45 bits per heavy atom. The van der Waals surface area contributed by atoms with Crippen molar-refractivity contribution in [3.05, 3.63) is 70.0 Å². The molecule has 0 saturated heterocycles. The highest BCUT2D eigenvalue weighted by Gasteiger charge is 2.52. The summed E-state index contributed by atoms with van der Waals surface area (Å²) in [7, 11) is 0. The van der Waals surface area contributed by atoms with Crippen LogP contribution in [-0.4, -0.2) is 40.5 Å². The topological polar surface area (TPSA) is 136 Å². The Morgan fingerprint density at radius 1 is 1.18 bits per heavy atom. The van der Waals surface area contributed by atoms with Crippen molar-refractivity contribution in [3.63, 3.8) is 0 Å². The molecular weight excluding hydrogens is 581 g/mol. The molecule has 3 aliphatic rings. The average Bonchev–Trinajstić information content (AvgIpc) is 3.66. The zero-order chi connectivity index (χ0) is 31.6. The van der Waals surface area contributed by atoms with Crippen LogP contribution in [0.3, 0.4) is 0 Å². The number of nitrogens with zero attached hydrogens (tertiary/aromatic N) is 4. The Balaban J connectivity index is 1.50. The van der Waals surface area contributed by atoms with Crippen molar-refractivity contribution in [2.75, 3.05) is 6.54 Å². The van der Waals surface area contributed by atoms with E-state index in [1.165, 1.54) is 12.1 Å². The number of nitrogens with two attached hydrogens (primary N) is 1. The number of amidine groups is 1. The van der Waals surface area contributed by atoms with Gasteiger partial charge in [-0.05, 0) is 105 Å². The Hall–Kier alpha value is -3.66. The number of amides is 2. The van der Waals surface area contributed by atoms with Gasteiger partial charge in [0.2, 0.25) is 0 Å². The van der Waals surface area contributed by atoms with Gasteiger partial charge in [-0.2, -0.15) is 5.53 Å². The van der Waals surface area contributed by atoms with Crippen molar-refractivity contribution < 1.29 is 14.0 Å². The van der Waals surface area contributed by atoms with Crippen molar-refractivity contribution in [1.82, 2.24) is 10.2 Å². The van der Waals surface area contributed by atoms with Crippen LogP contribution in [0.2, 0.25) is 5.02 Å². The summed E-state index contributed by atoms with van der Waals surface area (Å²) in [5.74, 6) is 0.0619. The molecule has 234 valence electrons. The number of benzene rings is 2. The van der Waals surface area contributed by atoms with Crippen molar-refractivity contribution in [2.24, 2.45) is 38.3 Å². The summed E-state index contributed by atoms with van der Waals surface area (Å²) in [6, 6.07) is 11.2. The number of rotatable bonds is 11. The lowest BCUT2D eigenvalue weighted by molar-refractivity contribution is -0.133. The van der Waals surface area contributed by atoms with E-state index < -0.39 is 11.5 Å². The van der Waals surface area contributed by atoms with Crippen LogP contribution in [0.4, 0.5) is 4.39 Å². The number of carbonyl (C=O) groups excluding carboxylic acids is 2. The highest BCUT2D eigenvalue weighted by Crippen LogP contribution is 2.53. The van der Waals surface area contributed by atoms with Crippen LogP contribution in [0.25, 0.3) is 0 Å². The lowest BCUT2D eigenvalue weighted by atomic mass is 9.75. The van der Waals surface area contributed by atoms with Gasteiger partial charge in [0, 0.05) is 16.1 Å². The molecule has 1 aliphatic heterocycles. The molecule has 1 spiro atoms. The zero-order valence-corrected chi connectivity index (χ0v) is 26.3. The van der Waals surface area contributed by atoms with Crippen LogP contribution < -0.4 is 11.1 Å². The fourth-order valence-corrected chi connectivity index (χ4v) is 6.89. The van der Waals surface area contributed by atoms with Crippen LogP contribution in [0.5, 0.6) is 0 Å². The molecule has 2 aromatic carbocycles. The van der Waals surface area contributed by atoms with Gasteiger partial charge < -0.3 is 16.0 Å². The molecule has 5 rings (SSSR count). The standard InChI is InChI=1S/C33H41ClFN7O2/c1-20(2)21-8-12-33(13-9-21)39-29(24-16-25(34)18-26(35)17-24)31(44)42(33)27(10-11-32(3)14-15-32)22-4-6-23(7-5-22)30(43)38-19-28(36)40-41-37/h4-7,16-18,20-21,27H,8-15,19H2,1-3H3,(H,38,43)(H3,36,37,40). The molecular formula is C33H41ClFN7O2. The summed E-state index contributed by atoms with van der Waals surface area (Å²) >= 11 is 6.23. The van der Waals surface area contributed by atoms with E-state index in [0.29, 0.717) is 23.0 Å². The average molecular weight is 622 g/mol. The normalized spacial score (nSPS) is 23.5. The first-order valence-corrected chi connectivity index (χ1v) is 15.8. The molecule has 0 aromatic heterocycles. The van der Waals surface area contributed by atoms with Crippen LogP contribution in [-0.2, 0) is 4.79 Å². The van der Waals surface area contributed by atoms with Gasteiger partial charge in [-0.3, -0.25) is 14.6 Å². The van der Waals surface area contributed by atoms with Crippen molar-refractivity contribution in [3.8, 4) is 0 Å². The fraction of sp³-hybridized carbons (Fsp3) is 0.515. The van der Waals surface area contributed by atoms with Crippen LogP contribution >= 0.6 is 11.6 Å². The lowest BCUT2D eigenvalue weighted by Gasteiger charge is -2.46. The molecule has 0 radical (unpaired) electrons. The first-order valence-electron chi connectivity index (χ1n) is 15.4. The Bertz CT molecular complexity index is 1460. The minimum Gasteiger partial charge on any atom is -0.384 e. The van der Waals surface area contributed by atoms with Crippen molar-refractivity contribution in [1.29, 1.82) is 5.53 Å². The summed E-state index contributed by atoms with van der Waals surface area (Å²) in [4.78, 5) is 34.4. The van der Waals surface area contributed by atoms with E-state index in [-0.39, 0.29) is 46.4 Å². The van der Waals surface area contributed by atoms with E-state index in [2.05, 4.69) is 36.4 Å². The second-order valence-electron chi connectivity index (χ2n) is 13.2. The predicted octanol–water partition coefficient (Wildman–Crippen LogP) is 7.01. The minimum absolute atomic E-state index is 0.0269. The first-order chi connectivity index (χ1) is 20.9. The summed E-state index contributed by atoms with van der Waals surface area (Å²) in [5.41, 5.74) is 13.9. The van der Waals surface area contributed by atoms with E-state index in [1.54, 1.807) is 18.2 Å². The largest absolute Gasteiger partial charge is 0.384 e. The van der Waals surface area contributed by atoms with Crippen LogP contribution in [0.1, 0.15) is 99.7 Å². The number of carbonyl (C=O) groups is 2. The van der Waals surface area contributed by atoms with Crippen molar-refractivity contribution >= 4 is 35.0 Å². The maximum atomic E-state index is 14.5.